The van der Waals surface area contributed by atoms with Gasteiger partial charge in [-0.15, -0.1) is 0 Å². The van der Waals surface area contributed by atoms with Gasteiger partial charge in [-0.1, -0.05) is 18.2 Å². The first-order valence-electron chi connectivity index (χ1n) is 9.47. The van der Waals surface area contributed by atoms with Gasteiger partial charge in [-0.2, -0.15) is 0 Å². The van der Waals surface area contributed by atoms with E-state index in [0.717, 1.165) is 28.0 Å². The lowest BCUT2D eigenvalue weighted by molar-refractivity contribution is 0.251. The van der Waals surface area contributed by atoms with Gasteiger partial charge in [-0.05, 0) is 54.1 Å². The molecule has 0 atom stereocenters. The highest BCUT2D eigenvalue weighted by atomic mass is 16.5. The number of carbonyl (C=O) groups excluding carboxylic acids is 1. The maximum atomic E-state index is 12.2. The molecule has 7 heteroatoms. The van der Waals surface area contributed by atoms with Crippen molar-refractivity contribution in [3.05, 3.63) is 72.3 Å². The Kier molecular flexibility index (Phi) is 5.52. The van der Waals surface area contributed by atoms with Crippen molar-refractivity contribution < 1.29 is 14.3 Å². The van der Waals surface area contributed by atoms with Crippen molar-refractivity contribution in [2.75, 3.05) is 19.5 Å². The monoisotopic (exact) mass is 402 g/mol. The molecular weight excluding hydrogens is 380 g/mol. The van der Waals surface area contributed by atoms with E-state index < -0.39 is 0 Å². The van der Waals surface area contributed by atoms with Crippen molar-refractivity contribution in [1.29, 1.82) is 0 Å². The highest BCUT2D eigenvalue weighted by Crippen LogP contribution is 2.27. The van der Waals surface area contributed by atoms with E-state index in [4.69, 9.17) is 9.47 Å². The molecule has 0 saturated carbocycles. The second kappa shape index (κ2) is 8.57. The zero-order valence-corrected chi connectivity index (χ0v) is 16.7. The Bertz CT molecular complexity index is 1140. The molecule has 2 amide bonds. The van der Waals surface area contributed by atoms with Crippen LogP contribution in [0.4, 0.5) is 10.5 Å². The van der Waals surface area contributed by atoms with Gasteiger partial charge in [0.2, 0.25) is 0 Å². The lowest BCUT2D eigenvalue weighted by Gasteiger charge is -2.11. The first-order valence-corrected chi connectivity index (χ1v) is 9.47. The number of hydrogen-bond donors (Lipinski definition) is 3. The maximum absolute atomic E-state index is 12.2. The van der Waals surface area contributed by atoms with Crippen LogP contribution in [0.5, 0.6) is 11.5 Å². The third kappa shape index (κ3) is 4.20. The van der Waals surface area contributed by atoms with Crippen LogP contribution in [-0.4, -0.2) is 30.2 Å². The molecule has 7 nitrogen and oxygen atoms in total. The number of aromatic nitrogens is 2. The molecule has 0 radical (unpaired) electrons. The molecule has 1 aromatic heterocycles. The molecule has 0 fully saturated rings. The van der Waals surface area contributed by atoms with Crippen molar-refractivity contribution >= 4 is 22.8 Å². The number of hydrogen-bond acceptors (Lipinski definition) is 4. The average Bonchev–Trinajstić information content (AvgIpc) is 3.22. The minimum absolute atomic E-state index is 0.290. The summed E-state index contributed by atoms with van der Waals surface area (Å²) in [4.78, 5) is 20.1. The molecule has 4 aromatic rings. The molecule has 3 N–H and O–H groups in total. The molecule has 152 valence electrons. The summed E-state index contributed by atoms with van der Waals surface area (Å²) in [5, 5.41) is 5.67. The number of para-hydroxylation sites is 2. The summed E-state index contributed by atoms with van der Waals surface area (Å²) in [5.41, 5.74) is 4.46. The second-order valence-electron chi connectivity index (χ2n) is 6.68. The molecule has 4 rings (SSSR count). The molecule has 0 unspecified atom stereocenters. The maximum Gasteiger partial charge on any atom is 0.319 e. The number of nitrogens with one attached hydrogen (secondary N) is 3. The Morgan fingerprint density at radius 3 is 2.47 bits per heavy atom. The summed E-state index contributed by atoms with van der Waals surface area (Å²) < 4.78 is 10.5. The minimum Gasteiger partial charge on any atom is -0.493 e. The van der Waals surface area contributed by atoms with Crippen molar-refractivity contribution in [2.45, 2.75) is 6.54 Å². The highest BCUT2D eigenvalue weighted by molar-refractivity contribution is 5.89. The third-order valence-corrected chi connectivity index (χ3v) is 4.71. The van der Waals surface area contributed by atoms with Gasteiger partial charge in [0.15, 0.2) is 11.5 Å². The average molecular weight is 402 g/mol. The Morgan fingerprint density at radius 2 is 1.73 bits per heavy atom. The van der Waals surface area contributed by atoms with Crippen LogP contribution >= 0.6 is 0 Å². The normalized spacial score (nSPS) is 10.6. The van der Waals surface area contributed by atoms with Crippen LogP contribution < -0.4 is 20.1 Å². The molecule has 3 aromatic carbocycles. The SMILES string of the molecule is COc1ccc(CNC(=O)Nc2ccc(-c3nc4ccccc4[nH]3)cc2)cc1OC. The molecule has 0 saturated heterocycles. The number of carbonyl (C=O) groups is 1. The Balaban J connectivity index is 1.37. The number of nitrogens with zero attached hydrogens (tertiary/aromatic N) is 1. The summed E-state index contributed by atoms with van der Waals surface area (Å²) in [6, 6.07) is 20.6. The number of amides is 2. The Morgan fingerprint density at radius 1 is 0.967 bits per heavy atom. The van der Waals surface area contributed by atoms with E-state index in [0.29, 0.717) is 23.7 Å². The van der Waals surface area contributed by atoms with Crippen molar-refractivity contribution in [3.8, 4) is 22.9 Å². The number of anilines is 1. The number of H-pyrrole nitrogens is 1. The second-order valence-corrected chi connectivity index (χ2v) is 6.68. The van der Waals surface area contributed by atoms with E-state index in [1.807, 2.05) is 66.7 Å². The van der Waals surface area contributed by atoms with E-state index in [9.17, 15) is 4.79 Å². The number of ether oxygens (including phenoxy) is 2. The number of aromatic amines is 1. The lowest BCUT2D eigenvalue weighted by Crippen LogP contribution is -2.28. The van der Waals surface area contributed by atoms with E-state index in [2.05, 4.69) is 20.6 Å². The van der Waals surface area contributed by atoms with Crippen molar-refractivity contribution in [3.63, 3.8) is 0 Å². The molecule has 0 aliphatic carbocycles. The van der Waals surface area contributed by atoms with Crippen molar-refractivity contribution in [2.24, 2.45) is 0 Å². The minimum atomic E-state index is -0.290. The molecule has 0 spiro atoms. The predicted octanol–water partition coefficient (Wildman–Crippen LogP) is 4.57. The fourth-order valence-corrected chi connectivity index (χ4v) is 3.15. The van der Waals surface area contributed by atoms with Crippen LogP contribution in [-0.2, 0) is 6.54 Å². The molecule has 30 heavy (non-hydrogen) atoms. The largest absolute Gasteiger partial charge is 0.493 e. The number of urea groups is 1. The van der Waals surface area contributed by atoms with E-state index in [1.165, 1.54) is 0 Å². The number of rotatable bonds is 6. The van der Waals surface area contributed by atoms with Crippen LogP contribution in [0.25, 0.3) is 22.4 Å². The zero-order valence-electron chi connectivity index (χ0n) is 16.7. The third-order valence-electron chi connectivity index (χ3n) is 4.71. The van der Waals surface area contributed by atoms with E-state index in [1.54, 1.807) is 14.2 Å². The summed E-state index contributed by atoms with van der Waals surface area (Å²) in [7, 11) is 3.17. The molecule has 0 aliphatic rings. The quantitative estimate of drug-likeness (QED) is 0.441. The number of fused-ring (bicyclic) bond motifs is 1. The van der Waals surface area contributed by atoms with E-state index >= 15 is 0 Å². The fourth-order valence-electron chi connectivity index (χ4n) is 3.15. The smallest absolute Gasteiger partial charge is 0.319 e. The summed E-state index contributed by atoms with van der Waals surface area (Å²) >= 11 is 0. The van der Waals surface area contributed by atoms with Gasteiger partial charge in [-0.3, -0.25) is 0 Å². The van der Waals surface area contributed by atoms with E-state index in [-0.39, 0.29) is 6.03 Å². The van der Waals surface area contributed by atoms with Crippen LogP contribution in [0, 0.1) is 0 Å². The Hall–Kier alpha value is -4.00. The first-order chi connectivity index (χ1) is 14.7. The summed E-state index contributed by atoms with van der Waals surface area (Å²) in [6.07, 6.45) is 0. The predicted molar refractivity (Wildman–Crippen MR) is 117 cm³/mol. The summed E-state index contributed by atoms with van der Waals surface area (Å²) in [6.45, 7) is 0.364. The van der Waals surface area contributed by atoms with Gasteiger partial charge in [0.05, 0.1) is 25.3 Å². The van der Waals surface area contributed by atoms with Crippen LogP contribution in [0.15, 0.2) is 66.7 Å². The van der Waals surface area contributed by atoms with Gasteiger partial charge in [0, 0.05) is 17.8 Å². The van der Waals surface area contributed by atoms with Crippen LogP contribution in [0.2, 0.25) is 0 Å². The zero-order chi connectivity index (χ0) is 20.9. The molecule has 0 aliphatic heterocycles. The Labute approximate surface area is 174 Å². The van der Waals surface area contributed by atoms with Crippen LogP contribution in [0.3, 0.4) is 0 Å². The van der Waals surface area contributed by atoms with Gasteiger partial charge in [0.1, 0.15) is 5.82 Å². The van der Waals surface area contributed by atoms with Gasteiger partial charge in [0.25, 0.3) is 0 Å². The van der Waals surface area contributed by atoms with Gasteiger partial charge < -0.3 is 25.1 Å². The summed E-state index contributed by atoms with van der Waals surface area (Å²) in [5.74, 6) is 2.06. The van der Waals surface area contributed by atoms with Crippen molar-refractivity contribution in [1.82, 2.24) is 15.3 Å². The molecular formula is C23H22N4O3. The lowest BCUT2D eigenvalue weighted by atomic mass is 10.2. The number of benzene rings is 3. The first kappa shape index (κ1) is 19.3. The van der Waals surface area contributed by atoms with Gasteiger partial charge >= 0.3 is 6.03 Å². The van der Waals surface area contributed by atoms with Gasteiger partial charge in [-0.25, -0.2) is 9.78 Å². The van der Waals surface area contributed by atoms with Crippen LogP contribution in [0.1, 0.15) is 5.56 Å². The topological polar surface area (TPSA) is 88.3 Å². The highest BCUT2D eigenvalue weighted by Gasteiger charge is 2.08. The fraction of sp³-hybridized carbons (Fsp3) is 0.130. The number of methoxy groups -OCH3 is 2. The molecule has 0 bridgehead atoms. The standard InChI is InChI=1S/C23H22N4O3/c1-29-20-12-7-15(13-21(20)30-2)14-24-23(28)25-17-10-8-16(9-11-17)22-26-18-5-3-4-6-19(18)27-22/h3-13H,14H2,1-2H3,(H,26,27)(H2,24,25,28). The molecule has 1 heterocycles. The number of imidazole rings is 1.